The van der Waals surface area contributed by atoms with E-state index in [4.69, 9.17) is 0 Å². The SMILES string of the molecule is O=C1c2ccccc2C(=O)c2c(Nc3ccc4c(c3)Cc3ccc5cc(Nc6cccc7c6C(=O)c6ccccc6C7=O)ccc5c3C4=O)cccc21. The molecular formula is C46H26N2O5. The number of anilines is 4. The van der Waals surface area contributed by atoms with Crippen molar-refractivity contribution in [2.45, 2.75) is 6.42 Å². The highest BCUT2D eigenvalue weighted by atomic mass is 16.1. The molecule has 0 radical (unpaired) electrons. The maximum atomic E-state index is 14.1. The number of fused-ring (bicyclic) bond motifs is 8. The summed E-state index contributed by atoms with van der Waals surface area (Å²) in [4.78, 5) is 67.7. The molecule has 7 aromatic rings. The monoisotopic (exact) mass is 686 g/mol. The number of rotatable bonds is 4. The summed E-state index contributed by atoms with van der Waals surface area (Å²) in [7, 11) is 0. The smallest absolute Gasteiger partial charge is 0.196 e. The first-order chi connectivity index (χ1) is 25.9. The molecule has 0 unspecified atom stereocenters. The molecule has 0 saturated heterocycles. The summed E-state index contributed by atoms with van der Waals surface area (Å²) in [5.41, 5.74) is 8.53. The first-order valence-corrected chi connectivity index (χ1v) is 17.3. The van der Waals surface area contributed by atoms with Crippen LogP contribution < -0.4 is 10.6 Å². The molecule has 7 heteroatoms. The molecular weight excluding hydrogens is 661 g/mol. The minimum atomic E-state index is -0.205. The highest BCUT2D eigenvalue weighted by Gasteiger charge is 2.33. The predicted octanol–water partition coefficient (Wildman–Crippen LogP) is 9.01. The van der Waals surface area contributed by atoms with E-state index in [0.717, 1.165) is 27.6 Å². The second-order valence-electron chi connectivity index (χ2n) is 13.5. The van der Waals surface area contributed by atoms with Gasteiger partial charge >= 0.3 is 0 Å². The van der Waals surface area contributed by atoms with Crippen LogP contribution in [0.3, 0.4) is 0 Å². The Labute approximate surface area is 302 Å². The van der Waals surface area contributed by atoms with E-state index in [-0.39, 0.29) is 28.9 Å². The van der Waals surface area contributed by atoms with Crippen LogP contribution in [0.2, 0.25) is 0 Å². The fourth-order valence-corrected chi connectivity index (χ4v) is 8.06. The average molecular weight is 687 g/mol. The van der Waals surface area contributed by atoms with Gasteiger partial charge in [-0.15, -0.1) is 0 Å². The highest BCUT2D eigenvalue weighted by molar-refractivity contribution is 6.31. The number of carbonyl (C=O) groups excluding carboxylic acids is 5. The first kappa shape index (κ1) is 30.6. The van der Waals surface area contributed by atoms with E-state index in [1.165, 1.54) is 0 Å². The summed E-state index contributed by atoms with van der Waals surface area (Å²) in [5.74, 6) is -0.842. The molecule has 7 nitrogen and oxygen atoms in total. The van der Waals surface area contributed by atoms with Crippen LogP contribution in [0.25, 0.3) is 10.8 Å². The van der Waals surface area contributed by atoms with Crippen molar-refractivity contribution in [3.63, 3.8) is 0 Å². The number of benzene rings is 7. The van der Waals surface area contributed by atoms with Crippen molar-refractivity contribution in [1.29, 1.82) is 0 Å². The number of ketones is 5. The quantitative estimate of drug-likeness (QED) is 0.190. The molecule has 3 aliphatic carbocycles. The Morgan fingerprint density at radius 3 is 1.43 bits per heavy atom. The van der Waals surface area contributed by atoms with Crippen molar-refractivity contribution in [1.82, 2.24) is 0 Å². The standard InChI is InChI=1S/C46H26N2O5/c49-42-31-7-1-3-9-33(31)45(52)40-35(42)11-5-13-37(40)47-27-17-19-29-24(22-27)15-16-25-21-26-23-28(18-20-30(26)44(51)39(25)29)48-38-14-6-12-36-41(38)46(53)34-10-4-2-8-32(34)43(36)50/h1-20,22-23,47-48H,21H2. The third-order valence-electron chi connectivity index (χ3n) is 10.5. The normalized spacial score (nSPS) is 13.8. The summed E-state index contributed by atoms with van der Waals surface area (Å²) >= 11 is 0. The third kappa shape index (κ3) is 4.57. The van der Waals surface area contributed by atoms with Gasteiger partial charge in [0.25, 0.3) is 0 Å². The maximum absolute atomic E-state index is 14.1. The summed E-state index contributed by atoms with van der Waals surface area (Å²) in [5, 5.41) is 8.40. The van der Waals surface area contributed by atoms with Crippen LogP contribution in [0.4, 0.5) is 22.7 Å². The third-order valence-corrected chi connectivity index (χ3v) is 10.5. The lowest BCUT2D eigenvalue weighted by Gasteiger charge is -2.23. The van der Waals surface area contributed by atoms with Crippen LogP contribution in [-0.2, 0) is 6.42 Å². The largest absolute Gasteiger partial charge is 0.355 e. The molecule has 0 aromatic heterocycles. The van der Waals surface area contributed by atoms with E-state index in [2.05, 4.69) is 10.6 Å². The van der Waals surface area contributed by atoms with E-state index in [0.29, 0.717) is 79.1 Å². The van der Waals surface area contributed by atoms with E-state index in [1.807, 2.05) is 48.5 Å². The molecule has 0 atom stereocenters. The van der Waals surface area contributed by atoms with Crippen molar-refractivity contribution in [3.05, 3.63) is 200 Å². The van der Waals surface area contributed by atoms with Crippen molar-refractivity contribution < 1.29 is 24.0 Å². The second-order valence-corrected chi connectivity index (χ2v) is 13.5. The van der Waals surface area contributed by atoms with Gasteiger partial charge in [-0.3, -0.25) is 24.0 Å². The Morgan fingerprint density at radius 2 is 0.849 bits per heavy atom. The Morgan fingerprint density at radius 1 is 0.358 bits per heavy atom. The van der Waals surface area contributed by atoms with Crippen molar-refractivity contribution in [2.75, 3.05) is 10.6 Å². The fourth-order valence-electron chi connectivity index (χ4n) is 8.06. The van der Waals surface area contributed by atoms with E-state index < -0.39 is 0 Å². The van der Waals surface area contributed by atoms with Gasteiger partial charge in [-0.25, -0.2) is 0 Å². The zero-order chi connectivity index (χ0) is 36.0. The Bertz CT molecular complexity index is 2870. The molecule has 53 heavy (non-hydrogen) atoms. The number of carbonyl (C=O) groups is 5. The minimum absolute atomic E-state index is 0.0755. The molecule has 0 bridgehead atoms. The van der Waals surface area contributed by atoms with Gasteiger partial charge in [-0.2, -0.15) is 0 Å². The molecule has 250 valence electrons. The summed E-state index contributed by atoms with van der Waals surface area (Å²) in [6.07, 6.45) is 0.535. The highest BCUT2D eigenvalue weighted by Crippen LogP contribution is 2.39. The topological polar surface area (TPSA) is 109 Å². The second kappa shape index (κ2) is 11.4. The minimum Gasteiger partial charge on any atom is -0.355 e. The number of nitrogens with one attached hydrogen (secondary N) is 2. The Hall–Kier alpha value is -7.25. The van der Waals surface area contributed by atoms with Gasteiger partial charge in [0.05, 0.1) is 22.5 Å². The zero-order valence-corrected chi connectivity index (χ0v) is 28.0. The van der Waals surface area contributed by atoms with Gasteiger partial charge in [0.15, 0.2) is 28.9 Å². The van der Waals surface area contributed by atoms with E-state index in [1.54, 1.807) is 84.9 Å². The van der Waals surface area contributed by atoms with Gasteiger partial charge < -0.3 is 10.6 Å². The van der Waals surface area contributed by atoms with E-state index in [9.17, 15) is 24.0 Å². The summed E-state index contributed by atoms with van der Waals surface area (Å²) < 4.78 is 0. The van der Waals surface area contributed by atoms with Crippen LogP contribution in [0.1, 0.15) is 90.7 Å². The fraction of sp³-hybridized carbons (Fsp3) is 0.0217. The molecule has 0 fully saturated rings. The van der Waals surface area contributed by atoms with Gasteiger partial charge in [0.1, 0.15) is 0 Å². The molecule has 0 spiro atoms. The number of hydrogen-bond donors (Lipinski definition) is 2. The van der Waals surface area contributed by atoms with Crippen LogP contribution >= 0.6 is 0 Å². The predicted molar refractivity (Wildman–Crippen MR) is 203 cm³/mol. The molecule has 10 rings (SSSR count). The average Bonchev–Trinajstić information content (AvgIpc) is 3.18. The van der Waals surface area contributed by atoms with Crippen LogP contribution in [0, 0.1) is 0 Å². The molecule has 2 N–H and O–H groups in total. The van der Waals surface area contributed by atoms with E-state index >= 15 is 0 Å². The maximum Gasteiger partial charge on any atom is 0.196 e. The van der Waals surface area contributed by atoms with Gasteiger partial charge in [-0.05, 0) is 70.8 Å². The van der Waals surface area contributed by atoms with Crippen molar-refractivity contribution in [3.8, 4) is 0 Å². The van der Waals surface area contributed by atoms with Crippen molar-refractivity contribution >= 4 is 62.4 Å². The number of hydrogen-bond acceptors (Lipinski definition) is 7. The molecule has 0 amide bonds. The lowest BCUT2D eigenvalue weighted by molar-refractivity contribution is 0.0979. The summed E-state index contributed by atoms with van der Waals surface area (Å²) in [6, 6.07) is 39.5. The molecule has 3 aliphatic rings. The molecule has 7 aromatic carbocycles. The zero-order valence-electron chi connectivity index (χ0n) is 28.0. The molecule has 0 aliphatic heterocycles. The Balaban J connectivity index is 0.946. The van der Waals surface area contributed by atoms with Crippen LogP contribution in [-0.4, -0.2) is 28.9 Å². The van der Waals surface area contributed by atoms with Crippen LogP contribution in [0.15, 0.2) is 133 Å². The molecule has 0 heterocycles. The van der Waals surface area contributed by atoms with Gasteiger partial charge in [0, 0.05) is 55.9 Å². The first-order valence-electron chi connectivity index (χ1n) is 17.3. The lowest BCUT2D eigenvalue weighted by Crippen LogP contribution is -2.22. The molecule has 0 saturated carbocycles. The van der Waals surface area contributed by atoms with Gasteiger partial charge in [-0.1, -0.05) is 91.0 Å². The summed E-state index contributed by atoms with van der Waals surface area (Å²) in [6.45, 7) is 0. The lowest BCUT2D eigenvalue weighted by atomic mass is 9.82. The van der Waals surface area contributed by atoms with Crippen LogP contribution in [0.5, 0.6) is 0 Å². The van der Waals surface area contributed by atoms with Crippen molar-refractivity contribution in [2.24, 2.45) is 0 Å². The Kier molecular flexibility index (Phi) is 6.56. The van der Waals surface area contributed by atoms with Gasteiger partial charge in [0.2, 0.25) is 0 Å².